The Morgan fingerprint density at radius 3 is 2.41 bits per heavy atom. The summed E-state index contributed by atoms with van der Waals surface area (Å²) in [6.07, 6.45) is 7.54. The quantitative estimate of drug-likeness (QED) is 0.297. The number of anilines is 4. The van der Waals surface area contributed by atoms with E-state index in [1.165, 1.54) is 38.5 Å². The summed E-state index contributed by atoms with van der Waals surface area (Å²) in [6.45, 7) is 3.86. The largest absolute Gasteiger partial charge is 0.496 e. The van der Waals surface area contributed by atoms with Gasteiger partial charge in [0, 0.05) is 47.9 Å². The van der Waals surface area contributed by atoms with E-state index in [0.29, 0.717) is 17.9 Å². The van der Waals surface area contributed by atoms with Gasteiger partial charge in [0.2, 0.25) is 17.8 Å². The molecule has 2 fully saturated rings. The summed E-state index contributed by atoms with van der Waals surface area (Å²) in [5.74, 6) is 2.89. The molecule has 0 unspecified atom stereocenters. The zero-order chi connectivity index (χ0) is 22.3. The summed E-state index contributed by atoms with van der Waals surface area (Å²) >= 11 is 2.36. The Balaban J connectivity index is 1.59. The van der Waals surface area contributed by atoms with E-state index < -0.39 is 0 Å². The van der Waals surface area contributed by atoms with Crippen LogP contribution in [0, 0.1) is 0 Å². The molecule has 174 valence electrons. The first-order valence-corrected chi connectivity index (χ1v) is 13.1. The van der Waals surface area contributed by atoms with Crippen molar-refractivity contribution in [2.45, 2.75) is 49.0 Å². The fraction of sp³-hybridized carbons (Fsp3) is 0.609. The summed E-state index contributed by atoms with van der Waals surface area (Å²) in [5, 5.41) is 7.03. The normalized spacial score (nSPS) is 18.3. The highest BCUT2D eigenvalue weighted by molar-refractivity contribution is 14.1. The first-order valence-electron chi connectivity index (χ1n) is 11.6. The SMILES string of the molecule is COc1ccc(Nc2nc(NC3CCCCCC3)nc(N3CCN(C)CC3)n2)cc1CI. The lowest BCUT2D eigenvalue weighted by molar-refractivity contribution is 0.311. The van der Waals surface area contributed by atoms with Crippen LogP contribution in [-0.4, -0.2) is 66.2 Å². The van der Waals surface area contributed by atoms with Crippen molar-refractivity contribution in [3.8, 4) is 5.75 Å². The van der Waals surface area contributed by atoms with Gasteiger partial charge in [-0.15, -0.1) is 0 Å². The molecule has 2 N–H and O–H groups in total. The van der Waals surface area contributed by atoms with E-state index in [-0.39, 0.29) is 0 Å². The number of halogens is 1. The highest BCUT2D eigenvalue weighted by Crippen LogP contribution is 2.27. The third-order valence-electron chi connectivity index (χ3n) is 6.28. The zero-order valence-electron chi connectivity index (χ0n) is 19.1. The van der Waals surface area contributed by atoms with E-state index >= 15 is 0 Å². The van der Waals surface area contributed by atoms with Crippen molar-refractivity contribution in [2.24, 2.45) is 0 Å². The van der Waals surface area contributed by atoms with Crippen LogP contribution in [0.25, 0.3) is 0 Å². The molecular weight excluding hydrogens is 517 g/mol. The molecule has 1 aliphatic carbocycles. The molecule has 1 saturated carbocycles. The Morgan fingerprint density at radius 2 is 1.72 bits per heavy atom. The van der Waals surface area contributed by atoms with Gasteiger partial charge in [0.05, 0.1) is 7.11 Å². The van der Waals surface area contributed by atoms with Crippen LogP contribution in [0.3, 0.4) is 0 Å². The van der Waals surface area contributed by atoms with E-state index in [4.69, 9.17) is 19.7 Å². The highest BCUT2D eigenvalue weighted by Gasteiger charge is 2.20. The van der Waals surface area contributed by atoms with Gasteiger partial charge in [0.25, 0.3) is 0 Å². The predicted molar refractivity (Wildman–Crippen MR) is 139 cm³/mol. The molecule has 0 amide bonds. The minimum Gasteiger partial charge on any atom is -0.496 e. The number of alkyl halides is 1. The van der Waals surface area contributed by atoms with Crippen LogP contribution in [0.2, 0.25) is 0 Å². The van der Waals surface area contributed by atoms with Crippen molar-refractivity contribution < 1.29 is 4.74 Å². The summed E-state index contributed by atoms with van der Waals surface area (Å²) in [6, 6.07) is 6.53. The Labute approximate surface area is 204 Å². The minimum absolute atomic E-state index is 0.430. The van der Waals surface area contributed by atoms with Crippen molar-refractivity contribution in [1.82, 2.24) is 19.9 Å². The van der Waals surface area contributed by atoms with E-state index in [9.17, 15) is 0 Å². The van der Waals surface area contributed by atoms with E-state index in [2.05, 4.69) is 56.1 Å². The van der Waals surface area contributed by atoms with Gasteiger partial charge in [0.1, 0.15) is 5.75 Å². The number of benzene rings is 1. The maximum Gasteiger partial charge on any atom is 0.233 e. The summed E-state index contributed by atoms with van der Waals surface area (Å²) in [7, 11) is 3.86. The maximum absolute atomic E-state index is 5.47. The summed E-state index contributed by atoms with van der Waals surface area (Å²) in [5.41, 5.74) is 2.09. The third kappa shape index (κ3) is 6.12. The molecular formula is C23H34IN7O. The van der Waals surface area contributed by atoms with E-state index in [1.807, 2.05) is 12.1 Å². The van der Waals surface area contributed by atoms with Gasteiger partial charge in [-0.05, 0) is 38.1 Å². The average molecular weight is 551 g/mol. The molecule has 9 heteroatoms. The lowest BCUT2D eigenvalue weighted by Crippen LogP contribution is -2.45. The van der Waals surface area contributed by atoms with E-state index in [0.717, 1.165) is 53.6 Å². The number of nitrogens with one attached hydrogen (secondary N) is 2. The van der Waals surface area contributed by atoms with Gasteiger partial charge in [-0.2, -0.15) is 15.0 Å². The topological polar surface area (TPSA) is 78.4 Å². The summed E-state index contributed by atoms with van der Waals surface area (Å²) in [4.78, 5) is 19.0. The second-order valence-electron chi connectivity index (χ2n) is 8.69. The fourth-order valence-corrected chi connectivity index (χ4v) is 4.93. The number of ether oxygens (including phenoxy) is 1. The van der Waals surface area contributed by atoms with Crippen LogP contribution >= 0.6 is 22.6 Å². The molecule has 32 heavy (non-hydrogen) atoms. The van der Waals surface area contributed by atoms with Gasteiger partial charge in [-0.1, -0.05) is 48.3 Å². The van der Waals surface area contributed by atoms with Gasteiger partial charge >= 0.3 is 0 Å². The van der Waals surface area contributed by atoms with E-state index in [1.54, 1.807) is 7.11 Å². The number of likely N-dealkylation sites (N-methyl/N-ethyl adjacent to an activating group) is 1. The van der Waals surface area contributed by atoms with Crippen molar-refractivity contribution in [3.05, 3.63) is 23.8 Å². The van der Waals surface area contributed by atoms with Gasteiger partial charge in [-0.25, -0.2) is 0 Å². The zero-order valence-corrected chi connectivity index (χ0v) is 21.3. The number of piperazine rings is 1. The number of rotatable bonds is 7. The molecule has 0 spiro atoms. The first-order chi connectivity index (χ1) is 15.6. The van der Waals surface area contributed by atoms with Crippen molar-refractivity contribution in [3.63, 3.8) is 0 Å². The van der Waals surface area contributed by atoms with Crippen LogP contribution in [-0.2, 0) is 4.43 Å². The molecule has 1 aromatic heterocycles. The van der Waals surface area contributed by atoms with Crippen LogP contribution in [0.5, 0.6) is 5.75 Å². The highest BCUT2D eigenvalue weighted by atomic mass is 127. The lowest BCUT2D eigenvalue weighted by atomic mass is 10.1. The second-order valence-corrected chi connectivity index (χ2v) is 9.45. The average Bonchev–Trinajstić information content (AvgIpc) is 3.08. The third-order valence-corrected chi connectivity index (χ3v) is 7.10. The van der Waals surface area contributed by atoms with Crippen LogP contribution < -0.4 is 20.3 Å². The first kappa shape index (κ1) is 23.3. The number of hydrogen-bond acceptors (Lipinski definition) is 8. The molecule has 0 radical (unpaired) electrons. The fourth-order valence-electron chi connectivity index (χ4n) is 4.33. The smallest absolute Gasteiger partial charge is 0.233 e. The standard InChI is InChI=1S/C23H34IN7O/c1-30-11-13-31(14-12-30)23-28-21(25-18-7-5-3-4-6-8-18)27-22(29-23)26-19-9-10-20(32-2)17(15-19)16-24/h9-10,15,18H,3-8,11-14,16H2,1-2H3,(H2,25,26,27,28,29). The van der Waals surface area contributed by atoms with Gasteiger partial charge < -0.3 is 25.2 Å². The minimum atomic E-state index is 0.430. The number of nitrogens with zero attached hydrogens (tertiary/aromatic N) is 5. The van der Waals surface area contributed by atoms with Gasteiger partial charge in [0.15, 0.2) is 0 Å². The van der Waals surface area contributed by atoms with Crippen LogP contribution in [0.1, 0.15) is 44.1 Å². The Kier molecular flexibility index (Phi) is 8.23. The monoisotopic (exact) mass is 551 g/mol. The molecule has 2 heterocycles. The predicted octanol–water partition coefficient (Wildman–Crippen LogP) is 4.45. The van der Waals surface area contributed by atoms with Gasteiger partial charge in [-0.3, -0.25) is 0 Å². The van der Waals surface area contributed by atoms with Crippen molar-refractivity contribution in [2.75, 3.05) is 55.9 Å². The molecule has 0 atom stereocenters. The Hall–Kier alpha value is -1.88. The van der Waals surface area contributed by atoms with Crippen LogP contribution in [0.4, 0.5) is 23.5 Å². The second kappa shape index (κ2) is 11.3. The maximum atomic E-state index is 5.47. The van der Waals surface area contributed by atoms with Crippen molar-refractivity contribution >= 4 is 46.1 Å². The molecule has 2 aromatic rings. The molecule has 8 nitrogen and oxygen atoms in total. The number of methoxy groups -OCH3 is 1. The molecule has 2 aliphatic rings. The number of hydrogen-bond donors (Lipinski definition) is 2. The Bertz CT molecular complexity index is 881. The Morgan fingerprint density at radius 1 is 1.00 bits per heavy atom. The molecule has 0 bridgehead atoms. The van der Waals surface area contributed by atoms with Crippen LogP contribution in [0.15, 0.2) is 18.2 Å². The molecule has 1 aromatic carbocycles. The van der Waals surface area contributed by atoms with Crippen molar-refractivity contribution in [1.29, 1.82) is 0 Å². The number of aromatic nitrogens is 3. The molecule has 1 aliphatic heterocycles. The molecule has 4 rings (SSSR count). The summed E-state index contributed by atoms with van der Waals surface area (Å²) < 4.78 is 6.34. The molecule has 1 saturated heterocycles. The lowest BCUT2D eigenvalue weighted by Gasteiger charge is -2.32.